The molecule has 0 unspecified atom stereocenters. The average Bonchev–Trinajstić information content (AvgIpc) is 3.06. The van der Waals surface area contributed by atoms with E-state index in [0.717, 1.165) is 5.56 Å². The van der Waals surface area contributed by atoms with E-state index < -0.39 is 11.9 Å². The summed E-state index contributed by atoms with van der Waals surface area (Å²) in [6, 6.07) is 9.92. The third-order valence-electron chi connectivity index (χ3n) is 3.21. The number of furan rings is 1. The number of ketones is 1. The summed E-state index contributed by atoms with van der Waals surface area (Å²) in [7, 11) is 0. The number of benzene rings is 1. The van der Waals surface area contributed by atoms with E-state index in [0.29, 0.717) is 17.1 Å². The van der Waals surface area contributed by atoms with Crippen molar-refractivity contribution in [1.82, 2.24) is 10.6 Å². The fourth-order valence-electron chi connectivity index (χ4n) is 2.08. The van der Waals surface area contributed by atoms with Crippen molar-refractivity contribution >= 4 is 23.8 Å². The molecule has 2 N–H and O–H groups in total. The Morgan fingerprint density at radius 1 is 1.05 bits per heavy atom. The topological polar surface area (TPSA) is 88.4 Å². The molecule has 0 atom stereocenters. The number of imide groups is 1. The van der Waals surface area contributed by atoms with Crippen molar-refractivity contribution in [3.8, 4) is 11.3 Å². The molecule has 0 aliphatic carbocycles. The van der Waals surface area contributed by atoms with Crippen LogP contribution in [0.2, 0.25) is 0 Å². The summed E-state index contributed by atoms with van der Waals surface area (Å²) in [5.74, 6) is 0.554. The Morgan fingerprint density at radius 3 is 2.36 bits per heavy atom. The van der Waals surface area contributed by atoms with E-state index in [1.807, 2.05) is 0 Å². The predicted octanol–water partition coefficient (Wildman–Crippen LogP) is 2.33. The van der Waals surface area contributed by atoms with Crippen molar-refractivity contribution in [1.29, 1.82) is 0 Å². The first kappa shape index (κ1) is 13.8. The monoisotopic (exact) mass is 296 g/mol. The van der Waals surface area contributed by atoms with Crippen molar-refractivity contribution in [3.63, 3.8) is 0 Å². The zero-order chi connectivity index (χ0) is 15.7. The number of hydrogen-bond donors (Lipinski definition) is 2. The van der Waals surface area contributed by atoms with Gasteiger partial charge in [0.05, 0.1) is 0 Å². The summed E-state index contributed by atoms with van der Waals surface area (Å²) in [6.45, 7) is 1.51. The molecular formula is C16H12N2O4. The van der Waals surface area contributed by atoms with Crippen LogP contribution in [0.15, 0.2) is 46.5 Å². The van der Waals surface area contributed by atoms with E-state index in [-0.39, 0.29) is 11.5 Å². The number of urea groups is 1. The maximum atomic E-state index is 11.4. The molecule has 6 heteroatoms. The predicted molar refractivity (Wildman–Crippen MR) is 78.8 cm³/mol. The maximum absolute atomic E-state index is 11.4. The minimum Gasteiger partial charge on any atom is -0.457 e. The van der Waals surface area contributed by atoms with Crippen LogP contribution < -0.4 is 10.6 Å². The molecule has 1 aromatic carbocycles. The Kier molecular flexibility index (Phi) is 3.34. The van der Waals surface area contributed by atoms with Gasteiger partial charge in [-0.15, -0.1) is 0 Å². The number of rotatable bonds is 3. The van der Waals surface area contributed by atoms with Gasteiger partial charge < -0.3 is 9.73 Å². The molecule has 0 bridgehead atoms. The Bertz CT molecular complexity index is 800. The van der Waals surface area contributed by atoms with Crippen LogP contribution in [0.25, 0.3) is 17.4 Å². The van der Waals surface area contributed by atoms with Crippen LogP contribution in [0.4, 0.5) is 4.79 Å². The van der Waals surface area contributed by atoms with Gasteiger partial charge in [-0.1, -0.05) is 24.3 Å². The third kappa shape index (κ3) is 2.67. The minimum absolute atomic E-state index is 0.000551. The fourth-order valence-corrected chi connectivity index (χ4v) is 2.08. The van der Waals surface area contributed by atoms with Crippen LogP contribution in [0.5, 0.6) is 0 Å². The second-order valence-corrected chi connectivity index (χ2v) is 4.80. The van der Waals surface area contributed by atoms with Gasteiger partial charge in [-0.3, -0.25) is 14.9 Å². The van der Waals surface area contributed by atoms with Crippen molar-refractivity contribution < 1.29 is 18.8 Å². The summed E-state index contributed by atoms with van der Waals surface area (Å²) in [6.07, 6.45) is 1.45. The summed E-state index contributed by atoms with van der Waals surface area (Å²) < 4.78 is 5.62. The van der Waals surface area contributed by atoms with Crippen LogP contribution in [0.1, 0.15) is 23.0 Å². The van der Waals surface area contributed by atoms with E-state index >= 15 is 0 Å². The van der Waals surface area contributed by atoms with E-state index in [9.17, 15) is 14.4 Å². The quantitative estimate of drug-likeness (QED) is 0.517. The molecule has 1 fully saturated rings. The van der Waals surface area contributed by atoms with E-state index in [4.69, 9.17) is 4.42 Å². The van der Waals surface area contributed by atoms with Crippen molar-refractivity contribution in [2.24, 2.45) is 0 Å². The summed E-state index contributed by atoms with van der Waals surface area (Å²) in [5.41, 5.74) is 1.58. The van der Waals surface area contributed by atoms with Crippen LogP contribution in [-0.4, -0.2) is 17.7 Å². The van der Waals surface area contributed by atoms with Crippen LogP contribution in [-0.2, 0) is 4.79 Å². The molecule has 110 valence electrons. The van der Waals surface area contributed by atoms with Crippen LogP contribution in [0, 0.1) is 0 Å². The lowest BCUT2D eigenvalue weighted by Crippen LogP contribution is -2.22. The Balaban J connectivity index is 1.85. The first-order valence-electron chi connectivity index (χ1n) is 6.58. The minimum atomic E-state index is -0.553. The zero-order valence-corrected chi connectivity index (χ0v) is 11.7. The summed E-state index contributed by atoms with van der Waals surface area (Å²) in [4.78, 5) is 33.7. The number of nitrogens with one attached hydrogen (secondary N) is 2. The first-order valence-corrected chi connectivity index (χ1v) is 6.58. The number of hydrogen-bond acceptors (Lipinski definition) is 4. The van der Waals surface area contributed by atoms with Gasteiger partial charge in [-0.05, 0) is 19.1 Å². The molecule has 1 aliphatic heterocycles. The van der Waals surface area contributed by atoms with Gasteiger partial charge in [0.2, 0.25) is 0 Å². The molecule has 3 amide bonds. The Morgan fingerprint density at radius 2 is 1.77 bits per heavy atom. The second kappa shape index (κ2) is 5.33. The van der Waals surface area contributed by atoms with Crippen LogP contribution in [0.3, 0.4) is 0 Å². The molecule has 2 aromatic rings. The summed E-state index contributed by atoms with van der Waals surface area (Å²) in [5, 5.41) is 4.50. The first-order chi connectivity index (χ1) is 10.5. The van der Waals surface area contributed by atoms with Crippen LogP contribution >= 0.6 is 0 Å². The van der Waals surface area contributed by atoms with Gasteiger partial charge in [-0.2, -0.15) is 0 Å². The zero-order valence-electron chi connectivity index (χ0n) is 11.7. The van der Waals surface area contributed by atoms with Crippen molar-refractivity contribution in [2.45, 2.75) is 6.92 Å². The number of carbonyl (C=O) groups is 3. The Hall–Kier alpha value is -3.15. The lowest BCUT2D eigenvalue weighted by atomic mass is 10.1. The van der Waals surface area contributed by atoms with E-state index in [1.54, 1.807) is 36.4 Å². The number of carbonyl (C=O) groups excluding carboxylic acids is 3. The molecule has 0 saturated carbocycles. The number of Topliss-reactive ketones (excluding diaryl/α,β-unsaturated/α-hetero) is 1. The summed E-state index contributed by atoms with van der Waals surface area (Å²) >= 11 is 0. The molecule has 0 spiro atoms. The smallest absolute Gasteiger partial charge is 0.326 e. The second-order valence-electron chi connectivity index (χ2n) is 4.80. The standard InChI is InChI=1S/C16H12N2O4/c1-9(19)10-2-4-11(5-3-10)14-7-6-12(22-14)8-13-15(20)18-16(21)17-13/h2-8H,1H3,(H2,17,18,20,21)/b13-8+. The molecule has 1 saturated heterocycles. The molecule has 22 heavy (non-hydrogen) atoms. The maximum Gasteiger partial charge on any atom is 0.326 e. The van der Waals surface area contributed by atoms with Gasteiger partial charge in [0.25, 0.3) is 5.91 Å². The highest BCUT2D eigenvalue weighted by molar-refractivity contribution is 6.13. The molecular weight excluding hydrogens is 284 g/mol. The highest BCUT2D eigenvalue weighted by Crippen LogP contribution is 2.24. The van der Waals surface area contributed by atoms with Gasteiger partial charge in [0.1, 0.15) is 17.2 Å². The highest BCUT2D eigenvalue weighted by Gasteiger charge is 2.23. The van der Waals surface area contributed by atoms with Gasteiger partial charge in [0.15, 0.2) is 5.78 Å². The van der Waals surface area contributed by atoms with Crippen molar-refractivity contribution in [3.05, 3.63) is 53.4 Å². The SMILES string of the molecule is CC(=O)c1ccc(-c2ccc(/C=C3/NC(=O)NC3=O)o2)cc1. The lowest BCUT2D eigenvalue weighted by molar-refractivity contribution is -0.115. The van der Waals surface area contributed by atoms with E-state index in [1.165, 1.54) is 13.0 Å². The molecule has 2 heterocycles. The molecule has 1 aromatic heterocycles. The molecule has 6 nitrogen and oxygen atoms in total. The van der Waals surface area contributed by atoms with Gasteiger partial charge in [0, 0.05) is 17.2 Å². The largest absolute Gasteiger partial charge is 0.457 e. The van der Waals surface area contributed by atoms with Crippen molar-refractivity contribution in [2.75, 3.05) is 0 Å². The normalized spacial score (nSPS) is 15.8. The fraction of sp³-hybridized carbons (Fsp3) is 0.0625. The Labute approximate surface area is 125 Å². The third-order valence-corrected chi connectivity index (χ3v) is 3.21. The molecule has 1 aliphatic rings. The number of amides is 3. The average molecular weight is 296 g/mol. The molecule has 3 rings (SSSR count). The van der Waals surface area contributed by atoms with Gasteiger partial charge in [-0.25, -0.2) is 4.79 Å². The highest BCUT2D eigenvalue weighted by atomic mass is 16.3. The van der Waals surface area contributed by atoms with Gasteiger partial charge >= 0.3 is 6.03 Å². The van der Waals surface area contributed by atoms with E-state index in [2.05, 4.69) is 10.6 Å². The molecule has 0 radical (unpaired) electrons. The lowest BCUT2D eigenvalue weighted by Gasteiger charge is -1.99.